The van der Waals surface area contributed by atoms with E-state index >= 15 is 0 Å². The maximum Gasteiger partial charge on any atom is 0.100 e. The molecule has 2 heteroatoms. The van der Waals surface area contributed by atoms with E-state index in [2.05, 4.69) is 30.2 Å². The van der Waals surface area contributed by atoms with Crippen molar-refractivity contribution in [2.75, 3.05) is 20.1 Å². The number of likely N-dealkylation sites (tertiary alicyclic amines) is 1. The molecule has 1 fully saturated rings. The van der Waals surface area contributed by atoms with Crippen LogP contribution in [-0.4, -0.2) is 25.0 Å². The van der Waals surface area contributed by atoms with Gasteiger partial charge in [-0.1, -0.05) is 18.2 Å². The molecule has 1 aliphatic heterocycles. The van der Waals surface area contributed by atoms with Crippen LogP contribution in [0.4, 0.5) is 4.39 Å². The first-order valence-electron chi connectivity index (χ1n) is 6.17. The summed E-state index contributed by atoms with van der Waals surface area (Å²) in [6, 6.07) is 0. The lowest BCUT2D eigenvalue weighted by Gasteiger charge is -2.11. The normalized spacial score (nSPS) is 30.0. The number of hydrogen-bond acceptors (Lipinski definition) is 1. The predicted octanol–water partition coefficient (Wildman–Crippen LogP) is 3.46. The van der Waals surface area contributed by atoms with Crippen molar-refractivity contribution in [1.29, 1.82) is 0 Å². The Morgan fingerprint density at radius 2 is 2.31 bits per heavy atom. The standard InChI is InChI=1S/C14H20FN/c1-16-9-8-13(11-16)12-6-4-2-3-5-7-14(15)10-12/h2,4,6,10,13H,3,5,7-9,11H2,1H3/b4-2-,12-6?,14-10?. The van der Waals surface area contributed by atoms with Gasteiger partial charge in [0.2, 0.25) is 0 Å². The Morgan fingerprint density at radius 3 is 3.06 bits per heavy atom. The minimum atomic E-state index is 0.0458. The van der Waals surface area contributed by atoms with Gasteiger partial charge in [-0.25, -0.2) is 4.39 Å². The average Bonchev–Trinajstić information content (AvgIpc) is 2.70. The van der Waals surface area contributed by atoms with E-state index in [1.807, 2.05) is 0 Å². The lowest BCUT2D eigenvalue weighted by Crippen LogP contribution is -2.14. The van der Waals surface area contributed by atoms with Crippen molar-refractivity contribution in [1.82, 2.24) is 4.90 Å². The molecule has 2 rings (SSSR count). The molecule has 1 nitrogen and oxygen atoms in total. The Bertz CT molecular complexity index is 328. The molecule has 0 saturated carbocycles. The lowest BCUT2D eigenvalue weighted by molar-refractivity contribution is 0.406. The third-order valence-electron chi connectivity index (χ3n) is 3.40. The average molecular weight is 221 g/mol. The molecule has 16 heavy (non-hydrogen) atoms. The number of hydrogen-bond donors (Lipinski definition) is 0. The molecule has 0 radical (unpaired) electrons. The van der Waals surface area contributed by atoms with Gasteiger partial charge >= 0.3 is 0 Å². The summed E-state index contributed by atoms with van der Waals surface area (Å²) in [6.07, 6.45) is 11.7. The highest BCUT2D eigenvalue weighted by atomic mass is 19.1. The van der Waals surface area contributed by atoms with Crippen molar-refractivity contribution in [3.63, 3.8) is 0 Å². The number of nitrogens with zero attached hydrogens (tertiary/aromatic N) is 1. The van der Waals surface area contributed by atoms with Gasteiger partial charge in [0.1, 0.15) is 5.83 Å². The summed E-state index contributed by atoms with van der Waals surface area (Å²) < 4.78 is 13.6. The van der Waals surface area contributed by atoms with E-state index in [1.54, 1.807) is 6.08 Å². The van der Waals surface area contributed by atoms with Crippen molar-refractivity contribution in [3.05, 3.63) is 35.7 Å². The first-order valence-corrected chi connectivity index (χ1v) is 6.17. The summed E-state index contributed by atoms with van der Waals surface area (Å²) in [5, 5.41) is 0. The van der Waals surface area contributed by atoms with E-state index in [9.17, 15) is 4.39 Å². The van der Waals surface area contributed by atoms with Crippen LogP contribution in [0, 0.1) is 5.92 Å². The topological polar surface area (TPSA) is 3.24 Å². The minimum absolute atomic E-state index is 0.0458. The van der Waals surface area contributed by atoms with E-state index in [-0.39, 0.29) is 5.83 Å². The Morgan fingerprint density at radius 1 is 1.44 bits per heavy atom. The molecule has 1 saturated heterocycles. The molecule has 0 aromatic carbocycles. The minimum Gasteiger partial charge on any atom is -0.306 e. The summed E-state index contributed by atoms with van der Waals surface area (Å²) in [5.41, 5.74) is 1.17. The van der Waals surface area contributed by atoms with Gasteiger partial charge in [0.05, 0.1) is 0 Å². The third-order valence-corrected chi connectivity index (χ3v) is 3.40. The first kappa shape index (κ1) is 11.6. The summed E-state index contributed by atoms with van der Waals surface area (Å²) in [5.74, 6) is 0.558. The van der Waals surface area contributed by atoms with E-state index in [1.165, 1.54) is 5.57 Å². The van der Waals surface area contributed by atoms with Crippen LogP contribution in [0.15, 0.2) is 35.7 Å². The van der Waals surface area contributed by atoms with Crippen molar-refractivity contribution >= 4 is 0 Å². The fraction of sp³-hybridized carbons (Fsp3) is 0.571. The van der Waals surface area contributed by atoms with Crippen molar-refractivity contribution in [3.8, 4) is 0 Å². The number of allylic oxidation sites excluding steroid dienone is 5. The van der Waals surface area contributed by atoms with Crippen molar-refractivity contribution in [2.45, 2.75) is 25.7 Å². The molecular formula is C14H20FN. The number of rotatable bonds is 1. The summed E-state index contributed by atoms with van der Waals surface area (Å²) in [6.45, 7) is 2.19. The van der Waals surface area contributed by atoms with Crippen LogP contribution in [0.5, 0.6) is 0 Å². The van der Waals surface area contributed by atoms with Gasteiger partial charge in [-0.15, -0.1) is 0 Å². The van der Waals surface area contributed by atoms with Gasteiger partial charge in [-0.2, -0.15) is 0 Å². The maximum atomic E-state index is 13.6. The summed E-state index contributed by atoms with van der Waals surface area (Å²) in [4.78, 5) is 2.31. The zero-order valence-corrected chi connectivity index (χ0v) is 9.95. The van der Waals surface area contributed by atoms with Crippen LogP contribution in [-0.2, 0) is 0 Å². The molecule has 88 valence electrons. The maximum absolute atomic E-state index is 13.6. The molecule has 0 spiro atoms. The zero-order chi connectivity index (χ0) is 11.4. The highest BCUT2D eigenvalue weighted by molar-refractivity contribution is 5.29. The lowest BCUT2D eigenvalue weighted by atomic mass is 9.97. The second kappa shape index (κ2) is 5.44. The fourth-order valence-corrected chi connectivity index (χ4v) is 2.43. The Balaban J connectivity index is 2.14. The van der Waals surface area contributed by atoms with Crippen molar-refractivity contribution in [2.24, 2.45) is 5.92 Å². The van der Waals surface area contributed by atoms with E-state index in [0.717, 1.165) is 32.4 Å². The van der Waals surface area contributed by atoms with Gasteiger partial charge in [0.15, 0.2) is 0 Å². The van der Waals surface area contributed by atoms with Gasteiger partial charge in [-0.05, 0) is 56.8 Å². The molecule has 0 aromatic heterocycles. The number of halogens is 1. The molecular weight excluding hydrogens is 201 g/mol. The highest BCUT2D eigenvalue weighted by Crippen LogP contribution is 2.26. The van der Waals surface area contributed by atoms with Crippen LogP contribution in [0.3, 0.4) is 0 Å². The van der Waals surface area contributed by atoms with Crippen LogP contribution in [0.25, 0.3) is 0 Å². The highest BCUT2D eigenvalue weighted by Gasteiger charge is 2.22. The Hall–Kier alpha value is -0.890. The van der Waals surface area contributed by atoms with Gasteiger partial charge in [-0.3, -0.25) is 0 Å². The summed E-state index contributed by atoms with van der Waals surface area (Å²) in [7, 11) is 2.13. The molecule has 2 aliphatic rings. The molecule has 1 aliphatic carbocycles. The quantitative estimate of drug-likeness (QED) is 0.655. The van der Waals surface area contributed by atoms with Gasteiger partial charge < -0.3 is 4.90 Å². The van der Waals surface area contributed by atoms with E-state index < -0.39 is 0 Å². The second-order valence-corrected chi connectivity index (χ2v) is 4.83. The zero-order valence-electron chi connectivity index (χ0n) is 9.95. The molecule has 1 atom stereocenters. The SMILES string of the molecule is CN1CCC(C2=C/C=C\CCCC(F)=C2)C1. The summed E-state index contributed by atoms with van der Waals surface area (Å²) >= 11 is 0. The van der Waals surface area contributed by atoms with Crippen LogP contribution in [0.1, 0.15) is 25.7 Å². The molecule has 0 aromatic rings. The van der Waals surface area contributed by atoms with Crippen LogP contribution < -0.4 is 0 Å². The smallest absolute Gasteiger partial charge is 0.100 e. The Kier molecular flexibility index (Phi) is 3.94. The first-order chi connectivity index (χ1) is 7.75. The monoisotopic (exact) mass is 221 g/mol. The largest absolute Gasteiger partial charge is 0.306 e. The van der Waals surface area contributed by atoms with Gasteiger partial charge in [0.25, 0.3) is 0 Å². The van der Waals surface area contributed by atoms with Crippen molar-refractivity contribution < 1.29 is 4.39 Å². The molecule has 0 N–H and O–H groups in total. The molecule has 1 heterocycles. The van der Waals surface area contributed by atoms with E-state index in [0.29, 0.717) is 12.3 Å². The Labute approximate surface area is 97.3 Å². The fourth-order valence-electron chi connectivity index (χ4n) is 2.43. The molecule has 1 unspecified atom stereocenters. The van der Waals surface area contributed by atoms with Crippen LogP contribution in [0.2, 0.25) is 0 Å². The molecule has 0 amide bonds. The van der Waals surface area contributed by atoms with E-state index in [4.69, 9.17) is 0 Å². The second-order valence-electron chi connectivity index (χ2n) is 4.83. The van der Waals surface area contributed by atoms with Crippen LogP contribution >= 0.6 is 0 Å². The predicted molar refractivity (Wildman–Crippen MR) is 65.9 cm³/mol. The molecule has 0 bridgehead atoms. The third kappa shape index (κ3) is 3.05. The van der Waals surface area contributed by atoms with Gasteiger partial charge in [0, 0.05) is 6.54 Å².